The van der Waals surface area contributed by atoms with Crippen LogP contribution in [0.4, 0.5) is 0 Å². The maximum Gasteiger partial charge on any atom is 0.138 e. The second kappa shape index (κ2) is 6.15. The Morgan fingerprint density at radius 1 is 0.889 bits per heavy atom. The summed E-state index contributed by atoms with van der Waals surface area (Å²) in [6.07, 6.45) is 3.81. The first-order valence-electron chi connectivity index (χ1n) is 9.05. The van der Waals surface area contributed by atoms with Crippen molar-refractivity contribution in [1.82, 2.24) is 9.97 Å². The maximum absolute atomic E-state index is 6.33. The normalized spacial score (nSPS) is 15.0. The van der Waals surface area contributed by atoms with E-state index in [2.05, 4.69) is 47.4 Å². The summed E-state index contributed by atoms with van der Waals surface area (Å²) < 4.78 is 0. The highest BCUT2D eigenvalue weighted by molar-refractivity contribution is 6.34. The SMILES string of the molecule is NC1(c2ccc(-c3nc4ccnc(Cl)c4cc3-c3ccccc3)cc2)CC1. The highest BCUT2D eigenvalue weighted by Gasteiger charge is 2.39. The zero-order valence-corrected chi connectivity index (χ0v) is 15.4. The van der Waals surface area contributed by atoms with Gasteiger partial charge in [0.15, 0.2) is 0 Å². The summed E-state index contributed by atoms with van der Waals surface area (Å²) in [6, 6.07) is 22.7. The second-order valence-electron chi connectivity index (χ2n) is 7.15. The monoisotopic (exact) mass is 371 g/mol. The van der Waals surface area contributed by atoms with Crippen molar-refractivity contribution < 1.29 is 0 Å². The Hall–Kier alpha value is -2.75. The Kier molecular flexibility index (Phi) is 3.74. The second-order valence-corrected chi connectivity index (χ2v) is 7.51. The lowest BCUT2D eigenvalue weighted by Gasteiger charge is -2.14. The lowest BCUT2D eigenvalue weighted by atomic mass is 9.96. The molecule has 3 nitrogen and oxygen atoms in total. The number of benzene rings is 2. The number of hydrogen-bond acceptors (Lipinski definition) is 3. The van der Waals surface area contributed by atoms with Gasteiger partial charge in [-0.05, 0) is 36.1 Å². The molecule has 0 saturated heterocycles. The molecule has 0 unspecified atom stereocenters. The molecule has 132 valence electrons. The van der Waals surface area contributed by atoms with E-state index < -0.39 is 0 Å². The molecule has 2 N–H and O–H groups in total. The van der Waals surface area contributed by atoms with Gasteiger partial charge in [0.2, 0.25) is 0 Å². The number of aromatic nitrogens is 2. The third kappa shape index (κ3) is 2.89. The number of hydrogen-bond donors (Lipinski definition) is 1. The number of fused-ring (bicyclic) bond motifs is 1. The number of pyridine rings is 2. The predicted molar refractivity (Wildman–Crippen MR) is 111 cm³/mol. The minimum atomic E-state index is -0.128. The van der Waals surface area contributed by atoms with Gasteiger partial charge in [-0.3, -0.25) is 0 Å². The van der Waals surface area contributed by atoms with Crippen LogP contribution >= 0.6 is 11.6 Å². The molecule has 0 atom stereocenters. The van der Waals surface area contributed by atoms with Crippen molar-refractivity contribution in [1.29, 1.82) is 0 Å². The summed E-state index contributed by atoms with van der Waals surface area (Å²) in [6.45, 7) is 0. The van der Waals surface area contributed by atoms with Crippen LogP contribution in [0.25, 0.3) is 33.3 Å². The topological polar surface area (TPSA) is 51.8 Å². The number of halogens is 1. The molecule has 27 heavy (non-hydrogen) atoms. The van der Waals surface area contributed by atoms with Gasteiger partial charge in [0.1, 0.15) is 5.15 Å². The fraction of sp³-hybridized carbons (Fsp3) is 0.130. The molecular weight excluding hydrogens is 354 g/mol. The van der Waals surface area contributed by atoms with Crippen molar-refractivity contribution in [3.8, 4) is 22.4 Å². The third-order valence-corrected chi connectivity index (χ3v) is 5.60. The number of nitrogens with zero attached hydrogens (tertiary/aromatic N) is 2. The molecule has 2 heterocycles. The molecule has 1 saturated carbocycles. The Morgan fingerprint density at radius 3 is 2.33 bits per heavy atom. The zero-order valence-electron chi connectivity index (χ0n) is 14.7. The third-order valence-electron chi connectivity index (χ3n) is 5.30. The van der Waals surface area contributed by atoms with Crippen molar-refractivity contribution in [3.05, 3.63) is 83.6 Å². The molecule has 0 aliphatic heterocycles. The quantitative estimate of drug-likeness (QED) is 0.479. The van der Waals surface area contributed by atoms with E-state index in [1.165, 1.54) is 5.56 Å². The van der Waals surface area contributed by atoms with Crippen LogP contribution in [0.3, 0.4) is 0 Å². The standard InChI is InChI=1S/C23H18ClN3/c24-22-19-14-18(15-4-2-1-3-5-15)21(27-20(19)10-13-26-22)16-6-8-17(9-7-16)23(25)11-12-23/h1-10,13-14H,11-12,25H2. The Labute approximate surface area is 162 Å². The van der Waals surface area contributed by atoms with Crippen molar-refractivity contribution in [2.45, 2.75) is 18.4 Å². The summed E-state index contributed by atoms with van der Waals surface area (Å²) >= 11 is 6.33. The fourth-order valence-corrected chi connectivity index (χ4v) is 3.71. The van der Waals surface area contributed by atoms with Crippen molar-refractivity contribution in [2.24, 2.45) is 5.73 Å². The van der Waals surface area contributed by atoms with E-state index in [1.807, 2.05) is 24.3 Å². The lowest BCUT2D eigenvalue weighted by molar-refractivity contribution is 0.740. The lowest BCUT2D eigenvalue weighted by Crippen LogP contribution is -2.18. The molecule has 1 aliphatic carbocycles. The molecule has 0 amide bonds. The van der Waals surface area contributed by atoms with Crippen molar-refractivity contribution >= 4 is 22.5 Å². The van der Waals surface area contributed by atoms with Gasteiger partial charge in [0.05, 0.1) is 11.2 Å². The molecule has 1 fully saturated rings. The smallest absolute Gasteiger partial charge is 0.138 e. The van der Waals surface area contributed by atoms with Crippen molar-refractivity contribution in [2.75, 3.05) is 0 Å². The van der Waals surface area contributed by atoms with Crippen LogP contribution < -0.4 is 5.73 Å². The van der Waals surface area contributed by atoms with Gasteiger partial charge in [0.25, 0.3) is 0 Å². The van der Waals surface area contributed by atoms with E-state index in [0.717, 1.165) is 46.1 Å². The molecule has 1 aliphatic rings. The predicted octanol–water partition coefficient (Wildman–Crippen LogP) is 5.57. The number of nitrogens with two attached hydrogens (primary N) is 1. The molecule has 0 radical (unpaired) electrons. The minimum Gasteiger partial charge on any atom is -0.321 e. The molecule has 5 rings (SSSR count). The van der Waals surface area contributed by atoms with E-state index in [4.69, 9.17) is 22.3 Å². The molecular formula is C23H18ClN3. The minimum absolute atomic E-state index is 0.128. The summed E-state index contributed by atoms with van der Waals surface area (Å²) in [5.74, 6) is 0. The van der Waals surface area contributed by atoms with Crippen LogP contribution in [0.15, 0.2) is 72.9 Å². The van der Waals surface area contributed by atoms with Crippen LogP contribution in [0.1, 0.15) is 18.4 Å². The van der Waals surface area contributed by atoms with E-state index >= 15 is 0 Å². The van der Waals surface area contributed by atoms with Gasteiger partial charge in [-0.25, -0.2) is 9.97 Å². The highest BCUT2D eigenvalue weighted by atomic mass is 35.5. The van der Waals surface area contributed by atoms with Gasteiger partial charge in [-0.15, -0.1) is 0 Å². The van der Waals surface area contributed by atoms with Gasteiger partial charge in [-0.1, -0.05) is 66.2 Å². The van der Waals surface area contributed by atoms with Gasteiger partial charge in [0, 0.05) is 28.2 Å². The van der Waals surface area contributed by atoms with Crippen LogP contribution in [0.2, 0.25) is 5.15 Å². The van der Waals surface area contributed by atoms with E-state index in [-0.39, 0.29) is 5.54 Å². The largest absolute Gasteiger partial charge is 0.321 e. The van der Waals surface area contributed by atoms with Crippen LogP contribution in [0, 0.1) is 0 Å². The summed E-state index contributed by atoms with van der Waals surface area (Å²) in [7, 11) is 0. The Balaban J connectivity index is 1.72. The summed E-state index contributed by atoms with van der Waals surface area (Å²) in [4.78, 5) is 9.14. The van der Waals surface area contributed by atoms with Gasteiger partial charge < -0.3 is 5.73 Å². The average Bonchev–Trinajstić information content (AvgIpc) is 3.47. The van der Waals surface area contributed by atoms with E-state index in [0.29, 0.717) is 5.15 Å². The van der Waals surface area contributed by atoms with Gasteiger partial charge >= 0.3 is 0 Å². The van der Waals surface area contributed by atoms with Crippen LogP contribution in [-0.2, 0) is 5.54 Å². The first kappa shape index (κ1) is 16.4. The maximum atomic E-state index is 6.33. The first-order valence-corrected chi connectivity index (χ1v) is 9.42. The highest BCUT2D eigenvalue weighted by Crippen LogP contribution is 2.43. The van der Waals surface area contributed by atoms with Gasteiger partial charge in [-0.2, -0.15) is 0 Å². The van der Waals surface area contributed by atoms with E-state index in [1.54, 1.807) is 6.20 Å². The summed E-state index contributed by atoms with van der Waals surface area (Å²) in [5, 5.41) is 1.33. The molecule has 4 heteroatoms. The molecule has 4 aromatic rings. The van der Waals surface area contributed by atoms with E-state index in [9.17, 15) is 0 Å². The number of rotatable bonds is 3. The molecule has 2 aromatic heterocycles. The Bertz CT molecular complexity index is 1130. The van der Waals surface area contributed by atoms with Crippen molar-refractivity contribution in [3.63, 3.8) is 0 Å². The Morgan fingerprint density at radius 2 is 1.63 bits per heavy atom. The summed E-state index contributed by atoms with van der Waals surface area (Å²) in [5.41, 5.74) is 12.4. The fourth-order valence-electron chi connectivity index (χ4n) is 3.50. The molecule has 0 bridgehead atoms. The molecule has 0 spiro atoms. The van der Waals surface area contributed by atoms with Crippen LogP contribution in [0.5, 0.6) is 0 Å². The van der Waals surface area contributed by atoms with Crippen LogP contribution in [-0.4, -0.2) is 9.97 Å². The zero-order chi connectivity index (χ0) is 18.4. The molecule has 2 aromatic carbocycles. The first-order chi connectivity index (χ1) is 13.1. The average molecular weight is 372 g/mol.